The standard InChI is InChI=1S/C28H29ClF3N3O5S/c1-4-33-27(37)19(2)34(17-20-9-8-10-22(15-20)40-3)26(36)18-35(41(38,39)23-11-6-5-7-12-23)21-13-14-25(29)24(16-21)28(30,31)32/h5-16,19H,4,17-18H2,1-3H3,(H,33,37)/t19-/m0/s1. The number of rotatable bonds is 11. The summed E-state index contributed by atoms with van der Waals surface area (Å²) in [5.41, 5.74) is -1.11. The zero-order valence-corrected chi connectivity index (χ0v) is 24.1. The summed E-state index contributed by atoms with van der Waals surface area (Å²) >= 11 is 5.78. The molecule has 2 amide bonds. The number of methoxy groups -OCH3 is 1. The van der Waals surface area contributed by atoms with Gasteiger partial charge in [-0.15, -0.1) is 0 Å². The van der Waals surface area contributed by atoms with Crippen LogP contribution < -0.4 is 14.4 Å². The van der Waals surface area contributed by atoms with Gasteiger partial charge in [-0.3, -0.25) is 13.9 Å². The number of alkyl halides is 3. The Bertz CT molecular complexity index is 1490. The minimum absolute atomic E-state index is 0.109. The molecule has 0 saturated heterocycles. The monoisotopic (exact) mass is 611 g/mol. The number of hydrogen-bond donors (Lipinski definition) is 1. The van der Waals surface area contributed by atoms with Crippen molar-refractivity contribution in [2.24, 2.45) is 0 Å². The van der Waals surface area contributed by atoms with Crippen LogP contribution in [0.3, 0.4) is 0 Å². The number of likely N-dealkylation sites (N-methyl/N-ethyl adjacent to an activating group) is 1. The van der Waals surface area contributed by atoms with Crippen molar-refractivity contribution in [2.75, 3.05) is 24.5 Å². The maximum absolute atomic E-state index is 13.8. The molecule has 0 saturated carbocycles. The van der Waals surface area contributed by atoms with E-state index in [1.54, 1.807) is 37.3 Å². The van der Waals surface area contributed by atoms with Crippen molar-refractivity contribution in [3.05, 3.63) is 88.9 Å². The van der Waals surface area contributed by atoms with Crippen molar-refractivity contribution >= 4 is 39.1 Å². The summed E-state index contributed by atoms with van der Waals surface area (Å²) in [5, 5.41) is 2.00. The minimum Gasteiger partial charge on any atom is -0.497 e. The van der Waals surface area contributed by atoms with E-state index < -0.39 is 56.9 Å². The van der Waals surface area contributed by atoms with Crippen LogP contribution in [-0.2, 0) is 32.3 Å². The quantitative estimate of drug-likeness (QED) is 0.325. The molecule has 0 aliphatic heterocycles. The predicted octanol–water partition coefficient (Wildman–Crippen LogP) is 5.12. The fourth-order valence-corrected chi connectivity index (χ4v) is 5.66. The first-order valence-electron chi connectivity index (χ1n) is 12.4. The Morgan fingerprint density at radius 2 is 1.71 bits per heavy atom. The van der Waals surface area contributed by atoms with Gasteiger partial charge in [0.1, 0.15) is 18.3 Å². The van der Waals surface area contributed by atoms with Crippen LogP contribution in [0.2, 0.25) is 5.02 Å². The molecular formula is C28H29ClF3N3O5S. The first kappa shape index (κ1) is 31.8. The molecule has 13 heteroatoms. The lowest BCUT2D eigenvalue weighted by Crippen LogP contribution is -2.51. The summed E-state index contributed by atoms with van der Waals surface area (Å²) in [6, 6.07) is 15.2. The molecular weight excluding hydrogens is 583 g/mol. The molecule has 0 aromatic heterocycles. The van der Waals surface area contributed by atoms with Crippen molar-refractivity contribution in [3.8, 4) is 5.75 Å². The Morgan fingerprint density at radius 3 is 2.32 bits per heavy atom. The minimum atomic E-state index is -4.88. The highest BCUT2D eigenvalue weighted by atomic mass is 35.5. The molecule has 0 aliphatic carbocycles. The second-order valence-corrected chi connectivity index (χ2v) is 11.2. The Labute approximate surface area is 241 Å². The number of ether oxygens (including phenoxy) is 1. The summed E-state index contributed by atoms with van der Waals surface area (Å²) in [6.45, 7) is 2.45. The molecule has 0 aliphatic rings. The van der Waals surface area contributed by atoms with Gasteiger partial charge in [0, 0.05) is 13.1 Å². The number of carbonyl (C=O) groups is 2. The number of benzene rings is 3. The Balaban J connectivity index is 2.11. The summed E-state index contributed by atoms with van der Waals surface area (Å²) in [7, 11) is -3.08. The van der Waals surface area contributed by atoms with Gasteiger partial charge in [-0.25, -0.2) is 8.42 Å². The van der Waals surface area contributed by atoms with Crippen molar-refractivity contribution in [1.29, 1.82) is 0 Å². The third kappa shape index (κ3) is 7.70. The molecule has 41 heavy (non-hydrogen) atoms. The number of nitrogens with zero attached hydrogens (tertiary/aromatic N) is 2. The van der Waals surface area contributed by atoms with Gasteiger partial charge >= 0.3 is 6.18 Å². The van der Waals surface area contributed by atoms with E-state index in [4.69, 9.17) is 16.3 Å². The van der Waals surface area contributed by atoms with E-state index in [0.29, 0.717) is 21.7 Å². The molecule has 3 rings (SSSR count). The topological polar surface area (TPSA) is 96.0 Å². The molecule has 0 bridgehead atoms. The average molecular weight is 612 g/mol. The zero-order valence-electron chi connectivity index (χ0n) is 22.5. The van der Waals surface area contributed by atoms with E-state index in [-0.39, 0.29) is 18.0 Å². The lowest BCUT2D eigenvalue weighted by Gasteiger charge is -2.32. The van der Waals surface area contributed by atoms with E-state index in [2.05, 4.69) is 5.32 Å². The molecule has 0 fully saturated rings. The second-order valence-electron chi connectivity index (χ2n) is 8.93. The second kappa shape index (κ2) is 13.3. The zero-order chi connectivity index (χ0) is 30.4. The Kier molecular flexibility index (Phi) is 10.3. The molecule has 0 spiro atoms. The van der Waals surface area contributed by atoms with Gasteiger partial charge in [-0.1, -0.05) is 41.9 Å². The van der Waals surface area contributed by atoms with Gasteiger partial charge in [0.2, 0.25) is 11.8 Å². The van der Waals surface area contributed by atoms with Crippen molar-refractivity contribution in [1.82, 2.24) is 10.2 Å². The third-order valence-corrected chi connectivity index (χ3v) is 8.28. The molecule has 1 N–H and O–H groups in total. The van der Waals surface area contributed by atoms with Crippen LogP contribution in [-0.4, -0.2) is 51.4 Å². The van der Waals surface area contributed by atoms with E-state index in [9.17, 15) is 31.2 Å². The van der Waals surface area contributed by atoms with E-state index in [1.807, 2.05) is 0 Å². The number of hydrogen-bond acceptors (Lipinski definition) is 5. The van der Waals surface area contributed by atoms with Crippen molar-refractivity contribution in [2.45, 2.75) is 37.5 Å². The molecule has 3 aromatic carbocycles. The van der Waals surface area contributed by atoms with E-state index in [1.165, 1.54) is 38.3 Å². The van der Waals surface area contributed by atoms with Crippen molar-refractivity contribution < 1.29 is 35.9 Å². The Hall–Kier alpha value is -3.77. The lowest BCUT2D eigenvalue weighted by molar-refractivity contribution is -0.139. The summed E-state index contributed by atoms with van der Waals surface area (Å²) in [5.74, 6) is -0.823. The van der Waals surface area contributed by atoms with Crippen molar-refractivity contribution in [3.63, 3.8) is 0 Å². The van der Waals surface area contributed by atoms with Gasteiger partial charge < -0.3 is 15.0 Å². The first-order chi connectivity index (χ1) is 19.3. The number of halogens is 4. The Morgan fingerprint density at radius 1 is 1.02 bits per heavy atom. The van der Waals surface area contributed by atoms with Crippen LogP contribution >= 0.6 is 11.6 Å². The van der Waals surface area contributed by atoms with Crippen LogP contribution in [0.15, 0.2) is 77.7 Å². The maximum atomic E-state index is 13.8. The normalized spacial score (nSPS) is 12.4. The molecule has 3 aromatic rings. The fraction of sp³-hybridized carbons (Fsp3) is 0.286. The van der Waals surface area contributed by atoms with Gasteiger partial charge in [-0.05, 0) is 61.9 Å². The number of nitrogens with one attached hydrogen (secondary N) is 1. The maximum Gasteiger partial charge on any atom is 0.417 e. The molecule has 220 valence electrons. The predicted molar refractivity (Wildman–Crippen MR) is 149 cm³/mol. The smallest absolute Gasteiger partial charge is 0.417 e. The largest absolute Gasteiger partial charge is 0.497 e. The molecule has 0 unspecified atom stereocenters. The molecule has 1 atom stereocenters. The highest BCUT2D eigenvalue weighted by Gasteiger charge is 2.37. The van der Waals surface area contributed by atoms with Gasteiger partial charge in [0.25, 0.3) is 10.0 Å². The SMILES string of the molecule is CCNC(=O)[C@H](C)N(Cc1cccc(OC)c1)C(=O)CN(c1ccc(Cl)c(C(F)(F)F)c1)S(=O)(=O)c1ccccc1. The number of amides is 2. The first-order valence-corrected chi connectivity index (χ1v) is 14.3. The highest BCUT2D eigenvalue weighted by molar-refractivity contribution is 7.92. The average Bonchev–Trinajstić information content (AvgIpc) is 2.94. The van der Waals surface area contributed by atoms with E-state index in [0.717, 1.165) is 17.0 Å². The summed E-state index contributed by atoms with van der Waals surface area (Å²) < 4.78 is 74.4. The molecule has 0 radical (unpaired) electrons. The fourth-order valence-electron chi connectivity index (χ4n) is 4.01. The van der Waals surface area contributed by atoms with Crippen LogP contribution in [0.1, 0.15) is 25.0 Å². The highest BCUT2D eigenvalue weighted by Crippen LogP contribution is 2.38. The number of sulfonamides is 1. The van der Waals surface area contributed by atoms with Gasteiger partial charge in [0.15, 0.2) is 0 Å². The summed E-state index contributed by atoms with van der Waals surface area (Å²) in [6.07, 6.45) is -4.88. The van der Waals surface area contributed by atoms with Crippen LogP contribution in [0.25, 0.3) is 0 Å². The van der Waals surface area contributed by atoms with Gasteiger partial charge in [-0.2, -0.15) is 13.2 Å². The summed E-state index contributed by atoms with van der Waals surface area (Å²) in [4.78, 5) is 27.5. The number of anilines is 1. The third-order valence-electron chi connectivity index (χ3n) is 6.16. The van der Waals surface area contributed by atoms with E-state index >= 15 is 0 Å². The lowest BCUT2D eigenvalue weighted by atomic mass is 10.1. The van der Waals surface area contributed by atoms with Gasteiger partial charge in [0.05, 0.1) is 28.3 Å². The van der Waals surface area contributed by atoms with Crippen LogP contribution in [0.5, 0.6) is 5.75 Å². The van der Waals surface area contributed by atoms with Crippen LogP contribution in [0, 0.1) is 0 Å². The molecule has 8 nitrogen and oxygen atoms in total. The van der Waals surface area contributed by atoms with Crippen LogP contribution in [0.4, 0.5) is 18.9 Å². The molecule has 0 heterocycles. The number of carbonyl (C=O) groups excluding carboxylic acids is 2.